The van der Waals surface area contributed by atoms with Crippen LogP contribution in [0, 0.1) is 6.08 Å². The standard InChI is InChI=1S/C15H19/c1-2-3-4-8-13-10-7-11-14-9-5-6-12-15(13)14/h5-6,9,12H,2-4,7,10-11H2,1H3. The highest BCUT2D eigenvalue weighted by Crippen LogP contribution is 2.30. The average Bonchev–Trinajstić information content (AvgIpc) is 2.30. The summed E-state index contributed by atoms with van der Waals surface area (Å²) in [5.74, 6) is 0. The molecule has 0 fully saturated rings. The third kappa shape index (κ3) is 2.50. The van der Waals surface area contributed by atoms with Gasteiger partial charge in [-0.2, -0.15) is 0 Å². The largest absolute Gasteiger partial charge is 0.0654 e. The summed E-state index contributed by atoms with van der Waals surface area (Å²) in [6.45, 7) is 2.24. The van der Waals surface area contributed by atoms with Crippen LogP contribution in [0.3, 0.4) is 0 Å². The minimum Gasteiger partial charge on any atom is -0.0654 e. The Kier molecular flexibility index (Phi) is 3.60. The van der Waals surface area contributed by atoms with Gasteiger partial charge in [0.15, 0.2) is 0 Å². The van der Waals surface area contributed by atoms with Crippen LogP contribution in [0.2, 0.25) is 0 Å². The first kappa shape index (κ1) is 10.5. The molecule has 0 saturated carbocycles. The molecule has 2 rings (SSSR count). The number of allylic oxidation sites excluding steroid dienone is 2. The summed E-state index contributed by atoms with van der Waals surface area (Å²) in [7, 11) is 0. The van der Waals surface area contributed by atoms with E-state index in [1.807, 2.05) is 0 Å². The van der Waals surface area contributed by atoms with Gasteiger partial charge in [-0.3, -0.25) is 0 Å². The predicted octanol–water partition coefficient (Wildman–Crippen LogP) is 4.40. The lowest BCUT2D eigenvalue weighted by Gasteiger charge is -2.18. The van der Waals surface area contributed by atoms with Gasteiger partial charge < -0.3 is 0 Å². The fourth-order valence-corrected chi connectivity index (χ4v) is 2.22. The van der Waals surface area contributed by atoms with Crippen molar-refractivity contribution in [2.24, 2.45) is 0 Å². The first-order valence-electron chi connectivity index (χ1n) is 6.10. The van der Waals surface area contributed by atoms with Crippen LogP contribution in [-0.2, 0) is 6.42 Å². The van der Waals surface area contributed by atoms with Crippen molar-refractivity contribution >= 4 is 5.57 Å². The van der Waals surface area contributed by atoms with Gasteiger partial charge in [-0.25, -0.2) is 0 Å². The quantitative estimate of drug-likeness (QED) is 0.633. The Hall–Kier alpha value is -1.04. The number of unbranched alkanes of at least 4 members (excludes halogenated alkanes) is 2. The number of aryl methyl sites for hydroxylation is 1. The smallest absolute Gasteiger partial charge is 0.0190 e. The molecule has 0 heterocycles. The van der Waals surface area contributed by atoms with E-state index >= 15 is 0 Å². The van der Waals surface area contributed by atoms with Crippen molar-refractivity contribution < 1.29 is 0 Å². The van der Waals surface area contributed by atoms with E-state index in [4.69, 9.17) is 0 Å². The molecule has 0 atom stereocenters. The Morgan fingerprint density at radius 3 is 2.93 bits per heavy atom. The first-order chi connectivity index (χ1) is 7.42. The Balaban J connectivity index is 2.18. The summed E-state index contributed by atoms with van der Waals surface area (Å²) in [6.07, 6.45) is 11.0. The highest BCUT2D eigenvalue weighted by Gasteiger charge is 2.12. The van der Waals surface area contributed by atoms with Gasteiger partial charge in [-0.05, 0) is 54.9 Å². The Bertz CT molecular complexity index is 347. The highest BCUT2D eigenvalue weighted by molar-refractivity contribution is 5.68. The van der Waals surface area contributed by atoms with Crippen molar-refractivity contribution in [3.05, 3.63) is 41.5 Å². The van der Waals surface area contributed by atoms with Gasteiger partial charge in [0, 0.05) is 0 Å². The molecular formula is C15H19. The molecule has 1 radical (unpaired) electrons. The third-order valence-corrected chi connectivity index (χ3v) is 3.08. The van der Waals surface area contributed by atoms with Gasteiger partial charge >= 0.3 is 0 Å². The maximum absolute atomic E-state index is 3.60. The Morgan fingerprint density at radius 1 is 1.20 bits per heavy atom. The zero-order valence-corrected chi connectivity index (χ0v) is 9.55. The lowest BCUT2D eigenvalue weighted by Crippen LogP contribution is -2.01. The van der Waals surface area contributed by atoms with Crippen LogP contribution in [0.1, 0.15) is 50.2 Å². The van der Waals surface area contributed by atoms with E-state index in [-0.39, 0.29) is 0 Å². The van der Waals surface area contributed by atoms with E-state index in [9.17, 15) is 0 Å². The van der Waals surface area contributed by atoms with Gasteiger partial charge in [0.25, 0.3) is 0 Å². The molecule has 1 aromatic carbocycles. The van der Waals surface area contributed by atoms with E-state index in [0.29, 0.717) is 0 Å². The van der Waals surface area contributed by atoms with Crippen molar-refractivity contribution in [3.63, 3.8) is 0 Å². The molecular weight excluding hydrogens is 180 g/mol. The van der Waals surface area contributed by atoms with E-state index < -0.39 is 0 Å². The van der Waals surface area contributed by atoms with E-state index in [1.165, 1.54) is 48.8 Å². The second-order valence-corrected chi connectivity index (χ2v) is 4.27. The van der Waals surface area contributed by atoms with Crippen LogP contribution >= 0.6 is 0 Å². The molecule has 0 bridgehead atoms. The van der Waals surface area contributed by atoms with Crippen LogP contribution in [-0.4, -0.2) is 0 Å². The van der Waals surface area contributed by atoms with Gasteiger partial charge in [-0.15, -0.1) is 0 Å². The summed E-state index contributed by atoms with van der Waals surface area (Å²) < 4.78 is 0. The molecule has 0 aliphatic heterocycles. The van der Waals surface area contributed by atoms with Crippen molar-refractivity contribution in [3.8, 4) is 0 Å². The van der Waals surface area contributed by atoms with Crippen molar-refractivity contribution in [1.29, 1.82) is 0 Å². The van der Waals surface area contributed by atoms with Crippen molar-refractivity contribution in [2.75, 3.05) is 0 Å². The maximum Gasteiger partial charge on any atom is -0.0190 e. The van der Waals surface area contributed by atoms with E-state index in [1.54, 1.807) is 0 Å². The number of hydrogen-bond acceptors (Lipinski definition) is 0. The third-order valence-electron chi connectivity index (χ3n) is 3.08. The molecule has 0 saturated heterocycles. The number of fused-ring (bicyclic) bond motifs is 1. The fraction of sp³-hybridized carbons (Fsp3) is 0.467. The fourth-order valence-electron chi connectivity index (χ4n) is 2.22. The molecule has 0 amide bonds. The molecule has 0 unspecified atom stereocenters. The number of benzene rings is 1. The molecule has 0 aromatic heterocycles. The summed E-state index contributed by atoms with van der Waals surface area (Å²) in [5, 5.41) is 0. The summed E-state index contributed by atoms with van der Waals surface area (Å²) in [5.41, 5.74) is 4.44. The molecule has 1 aliphatic rings. The highest BCUT2D eigenvalue weighted by atomic mass is 14.2. The van der Waals surface area contributed by atoms with Crippen LogP contribution in [0.4, 0.5) is 0 Å². The zero-order valence-electron chi connectivity index (χ0n) is 9.55. The Labute approximate surface area is 93.0 Å². The Morgan fingerprint density at radius 2 is 2.07 bits per heavy atom. The minimum atomic E-state index is 1.13. The predicted molar refractivity (Wildman–Crippen MR) is 65.6 cm³/mol. The van der Waals surface area contributed by atoms with Crippen LogP contribution in [0.25, 0.3) is 5.57 Å². The summed E-state index contributed by atoms with van der Waals surface area (Å²) in [6, 6.07) is 8.80. The van der Waals surface area contributed by atoms with E-state index in [0.717, 1.165) is 6.42 Å². The second kappa shape index (κ2) is 5.16. The molecule has 1 aromatic rings. The van der Waals surface area contributed by atoms with Gasteiger partial charge in [0.1, 0.15) is 0 Å². The molecule has 0 N–H and O–H groups in total. The molecule has 0 heteroatoms. The molecule has 15 heavy (non-hydrogen) atoms. The molecule has 0 spiro atoms. The topological polar surface area (TPSA) is 0 Å². The van der Waals surface area contributed by atoms with Crippen molar-refractivity contribution in [1.82, 2.24) is 0 Å². The summed E-state index contributed by atoms with van der Waals surface area (Å²) in [4.78, 5) is 0. The van der Waals surface area contributed by atoms with Crippen molar-refractivity contribution in [2.45, 2.75) is 45.4 Å². The minimum absolute atomic E-state index is 1.13. The molecule has 79 valence electrons. The number of rotatable bonds is 3. The van der Waals surface area contributed by atoms with Crippen LogP contribution < -0.4 is 0 Å². The van der Waals surface area contributed by atoms with Crippen LogP contribution in [0.5, 0.6) is 0 Å². The SMILES string of the molecule is CCCC[C]=C1CCCc2ccccc21. The molecule has 1 aliphatic carbocycles. The second-order valence-electron chi connectivity index (χ2n) is 4.27. The maximum atomic E-state index is 3.60. The zero-order chi connectivity index (χ0) is 10.5. The van der Waals surface area contributed by atoms with Gasteiger partial charge in [0.2, 0.25) is 0 Å². The van der Waals surface area contributed by atoms with Crippen LogP contribution in [0.15, 0.2) is 24.3 Å². The molecule has 0 nitrogen and oxygen atoms in total. The average molecular weight is 199 g/mol. The first-order valence-corrected chi connectivity index (χ1v) is 6.10. The lowest BCUT2D eigenvalue weighted by atomic mass is 9.87. The van der Waals surface area contributed by atoms with Gasteiger partial charge in [0.05, 0.1) is 0 Å². The lowest BCUT2D eigenvalue weighted by molar-refractivity contribution is 0.786. The van der Waals surface area contributed by atoms with Gasteiger partial charge in [-0.1, -0.05) is 37.6 Å². The number of hydrogen-bond donors (Lipinski definition) is 0. The normalized spacial score (nSPS) is 17.8. The monoisotopic (exact) mass is 199 g/mol. The van der Waals surface area contributed by atoms with E-state index in [2.05, 4.69) is 37.3 Å². The summed E-state index contributed by atoms with van der Waals surface area (Å²) >= 11 is 0.